The first-order chi connectivity index (χ1) is 10.2. The number of hydrogen-bond donors (Lipinski definition) is 0. The van der Waals surface area contributed by atoms with Crippen LogP contribution in [0.15, 0.2) is 43.1 Å². The van der Waals surface area contributed by atoms with Gasteiger partial charge in [0, 0.05) is 30.7 Å². The Labute approximate surface area is 147 Å². The van der Waals surface area contributed by atoms with Gasteiger partial charge >= 0.3 is 0 Å². The van der Waals surface area contributed by atoms with Gasteiger partial charge in [-0.2, -0.15) is 0 Å². The van der Waals surface area contributed by atoms with Crippen LogP contribution in [-0.2, 0) is 13.0 Å². The van der Waals surface area contributed by atoms with Crippen LogP contribution in [0.4, 0.5) is 4.39 Å². The molecule has 0 radical (unpaired) electrons. The molecule has 0 bridgehead atoms. The lowest BCUT2D eigenvalue weighted by Crippen LogP contribution is -2.03. The summed E-state index contributed by atoms with van der Waals surface area (Å²) in [6, 6.07) is 5.18. The summed E-state index contributed by atoms with van der Waals surface area (Å²) in [6.07, 6.45) is 8.26. The Balaban J connectivity index is 0.00000132. The van der Waals surface area contributed by atoms with Crippen LogP contribution in [-0.4, -0.2) is 19.1 Å². The third-order valence-corrected chi connectivity index (χ3v) is 3.54. The molecule has 0 spiro atoms. The quantitative estimate of drug-likeness (QED) is 0.708. The Morgan fingerprint density at radius 3 is 2.65 bits per heavy atom. The highest BCUT2D eigenvalue weighted by Gasteiger charge is 2.06. The first-order valence-corrected chi connectivity index (χ1v) is 6.96. The van der Waals surface area contributed by atoms with Gasteiger partial charge in [0.2, 0.25) is 0 Å². The van der Waals surface area contributed by atoms with Gasteiger partial charge in [-0.3, -0.25) is 0 Å². The number of hydrogen-bond acceptors (Lipinski definition) is 2. The van der Waals surface area contributed by atoms with E-state index in [1.807, 2.05) is 23.0 Å². The van der Waals surface area contributed by atoms with Crippen molar-refractivity contribution in [3.63, 3.8) is 0 Å². The van der Waals surface area contributed by atoms with E-state index in [9.17, 15) is 4.39 Å². The molecule has 1 aromatic carbocycles. The minimum atomic E-state index is -0.203. The lowest BCUT2D eigenvalue weighted by molar-refractivity contribution is 0.617. The fraction of sp³-hybridized carbons (Fsp3) is 0.250. The molecule has 2 heterocycles. The standard InChI is InChI=1S/C16H17FN4.2ClH/c1-3-16-18-6-7-20(16)9-13-10-21(11-19-13)14-5-4-12(2)15(17)8-14;;/h4-8,10-11H,3,9H2,1-2H3;2*1H. The van der Waals surface area contributed by atoms with Crippen LogP contribution in [0.2, 0.25) is 0 Å². The highest BCUT2D eigenvalue weighted by Crippen LogP contribution is 2.14. The van der Waals surface area contributed by atoms with Gasteiger partial charge in [-0.1, -0.05) is 13.0 Å². The average Bonchev–Trinajstić information content (AvgIpc) is 3.11. The van der Waals surface area contributed by atoms with Crippen LogP contribution in [0.5, 0.6) is 0 Å². The van der Waals surface area contributed by atoms with Crippen LogP contribution in [0.3, 0.4) is 0 Å². The maximum absolute atomic E-state index is 13.6. The summed E-state index contributed by atoms with van der Waals surface area (Å²) in [5.41, 5.74) is 2.34. The molecule has 0 aliphatic carbocycles. The molecule has 124 valence electrons. The normalized spacial score (nSPS) is 10.0. The first-order valence-electron chi connectivity index (χ1n) is 6.96. The second kappa shape index (κ2) is 8.13. The van der Waals surface area contributed by atoms with E-state index < -0.39 is 0 Å². The molecule has 0 saturated heterocycles. The maximum atomic E-state index is 13.6. The summed E-state index contributed by atoms with van der Waals surface area (Å²) in [5.74, 6) is 0.830. The summed E-state index contributed by atoms with van der Waals surface area (Å²) in [5, 5.41) is 0. The molecule has 0 amide bonds. The highest BCUT2D eigenvalue weighted by atomic mass is 35.5. The van der Waals surface area contributed by atoms with Gasteiger partial charge in [0.15, 0.2) is 0 Å². The highest BCUT2D eigenvalue weighted by molar-refractivity contribution is 5.85. The van der Waals surface area contributed by atoms with Crippen molar-refractivity contribution in [3.8, 4) is 5.69 Å². The van der Waals surface area contributed by atoms with Crippen molar-refractivity contribution >= 4 is 24.8 Å². The molecule has 3 aromatic rings. The molecule has 0 unspecified atom stereocenters. The molecule has 0 atom stereocenters. The smallest absolute Gasteiger partial charge is 0.128 e. The van der Waals surface area contributed by atoms with Crippen molar-refractivity contribution in [2.75, 3.05) is 0 Å². The Hall–Kier alpha value is -1.85. The molecular weight excluding hydrogens is 338 g/mol. The number of imidazole rings is 2. The lowest BCUT2D eigenvalue weighted by Gasteiger charge is -2.04. The van der Waals surface area contributed by atoms with Gasteiger partial charge < -0.3 is 9.13 Å². The number of aromatic nitrogens is 4. The molecule has 0 N–H and O–H groups in total. The molecule has 0 fully saturated rings. The minimum Gasteiger partial charge on any atom is -0.329 e. The molecule has 0 aliphatic rings. The van der Waals surface area contributed by atoms with Crippen LogP contribution in [0.25, 0.3) is 5.69 Å². The first kappa shape index (κ1) is 19.2. The summed E-state index contributed by atoms with van der Waals surface area (Å²) in [7, 11) is 0. The fourth-order valence-corrected chi connectivity index (χ4v) is 2.30. The van der Waals surface area contributed by atoms with E-state index in [0.717, 1.165) is 23.6 Å². The summed E-state index contributed by atoms with van der Waals surface area (Å²) >= 11 is 0. The topological polar surface area (TPSA) is 35.6 Å². The zero-order valence-electron chi connectivity index (χ0n) is 12.9. The fourth-order valence-electron chi connectivity index (χ4n) is 2.30. The Bertz CT molecular complexity index is 767. The molecule has 4 nitrogen and oxygen atoms in total. The van der Waals surface area contributed by atoms with Gasteiger partial charge in [-0.25, -0.2) is 14.4 Å². The maximum Gasteiger partial charge on any atom is 0.128 e. The van der Waals surface area contributed by atoms with E-state index >= 15 is 0 Å². The minimum absolute atomic E-state index is 0. The number of rotatable bonds is 4. The van der Waals surface area contributed by atoms with Gasteiger partial charge in [0.05, 0.1) is 18.6 Å². The van der Waals surface area contributed by atoms with Crippen LogP contribution in [0, 0.1) is 12.7 Å². The monoisotopic (exact) mass is 356 g/mol. The molecule has 7 heteroatoms. The van der Waals surface area contributed by atoms with E-state index in [-0.39, 0.29) is 30.6 Å². The predicted molar refractivity (Wildman–Crippen MR) is 93.5 cm³/mol. The zero-order valence-corrected chi connectivity index (χ0v) is 14.6. The van der Waals surface area contributed by atoms with E-state index in [0.29, 0.717) is 12.1 Å². The zero-order chi connectivity index (χ0) is 14.8. The van der Waals surface area contributed by atoms with Crippen molar-refractivity contribution in [1.29, 1.82) is 0 Å². The second-order valence-electron chi connectivity index (χ2n) is 5.03. The molecule has 3 rings (SSSR count). The summed E-state index contributed by atoms with van der Waals surface area (Å²) in [4.78, 5) is 8.68. The van der Waals surface area contributed by atoms with Crippen LogP contribution >= 0.6 is 24.8 Å². The summed E-state index contributed by atoms with van der Waals surface area (Å²) in [6.45, 7) is 4.50. The van der Waals surface area contributed by atoms with Gasteiger partial charge in [-0.05, 0) is 24.6 Å². The SMILES string of the molecule is CCc1nccn1Cc1cn(-c2ccc(C)c(F)c2)cn1.Cl.Cl. The molecule has 2 aromatic heterocycles. The van der Waals surface area contributed by atoms with Crippen molar-refractivity contribution in [1.82, 2.24) is 19.1 Å². The largest absolute Gasteiger partial charge is 0.329 e. The third kappa shape index (κ3) is 4.12. The Morgan fingerprint density at radius 2 is 1.96 bits per heavy atom. The van der Waals surface area contributed by atoms with Gasteiger partial charge in [0.25, 0.3) is 0 Å². The van der Waals surface area contributed by atoms with Crippen molar-refractivity contribution in [3.05, 3.63) is 66.0 Å². The van der Waals surface area contributed by atoms with Crippen molar-refractivity contribution < 1.29 is 4.39 Å². The van der Waals surface area contributed by atoms with E-state index in [2.05, 4.69) is 21.5 Å². The predicted octanol–water partition coefficient (Wildman–Crippen LogP) is 3.97. The van der Waals surface area contributed by atoms with Gasteiger partial charge in [-0.15, -0.1) is 24.8 Å². The number of halogens is 3. The van der Waals surface area contributed by atoms with E-state index in [4.69, 9.17) is 0 Å². The molecule has 0 saturated carbocycles. The third-order valence-electron chi connectivity index (χ3n) is 3.54. The van der Waals surface area contributed by atoms with Crippen LogP contribution in [0.1, 0.15) is 24.0 Å². The van der Waals surface area contributed by atoms with Crippen molar-refractivity contribution in [2.24, 2.45) is 0 Å². The van der Waals surface area contributed by atoms with E-state index in [1.165, 1.54) is 6.07 Å². The van der Waals surface area contributed by atoms with Crippen LogP contribution < -0.4 is 0 Å². The number of nitrogens with zero attached hydrogens (tertiary/aromatic N) is 4. The molecule has 23 heavy (non-hydrogen) atoms. The summed E-state index contributed by atoms with van der Waals surface area (Å²) < 4.78 is 17.5. The van der Waals surface area contributed by atoms with Crippen molar-refractivity contribution in [2.45, 2.75) is 26.8 Å². The number of benzene rings is 1. The van der Waals surface area contributed by atoms with Gasteiger partial charge in [0.1, 0.15) is 11.6 Å². The molecule has 0 aliphatic heterocycles. The number of aryl methyl sites for hydroxylation is 2. The Kier molecular flexibility index (Phi) is 6.79. The lowest BCUT2D eigenvalue weighted by atomic mass is 10.2. The average molecular weight is 357 g/mol. The van der Waals surface area contributed by atoms with E-state index in [1.54, 1.807) is 25.5 Å². The molecular formula is C16H19Cl2FN4. The Morgan fingerprint density at radius 1 is 1.17 bits per heavy atom. The second-order valence-corrected chi connectivity index (χ2v) is 5.03.